The summed E-state index contributed by atoms with van der Waals surface area (Å²) in [5.74, 6) is -0.882. The maximum absolute atomic E-state index is 13.0. The fourth-order valence-electron chi connectivity index (χ4n) is 2.93. The summed E-state index contributed by atoms with van der Waals surface area (Å²) in [4.78, 5) is 29.9. The summed E-state index contributed by atoms with van der Waals surface area (Å²) in [6.07, 6.45) is 1.97. The van der Waals surface area contributed by atoms with Crippen LogP contribution in [0.25, 0.3) is 10.2 Å². The Morgan fingerprint density at radius 3 is 2.50 bits per heavy atom. The third-order valence-corrected chi connectivity index (χ3v) is 5.68. The maximum Gasteiger partial charge on any atom is 0.305 e. The SMILES string of the molecule is CCC(CC)(Cc1nc2ccccc2s1)C(=O)N(C)CCC(=O)O. The third-order valence-electron chi connectivity index (χ3n) is 4.64. The second-order valence-electron chi connectivity index (χ2n) is 6.11. The zero-order valence-corrected chi connectivity index (χ0v) is 15.2. The van der Waals surface area contributed by atoms with Gasteiger partial charge >= 0.3 is 5.97 Å². The summed E-state index contributed by atoms with van der Waals surface area (Å²) in [6, 6.07) is 7.97. The van der Waals surface area contributed by atoms with Crippen LogP contribution in [0.5, 0.6) is 0 Å². The van der Waals surface area contributed by atoms with Crippen molar-refractivity contribution in [3.05, 3.63) is 29.3 Å². The van der Waals surface area contributed by atoms with Gasteiger partial charge in [0, 0.05) is 20.0 Å². The van der Waals surface area contributed by atoms with Gasteiger partial charge in [0.05, 0.1) is 27.1 Å². The molecule has 2 aromatic rings. The van der Waals surface area contributed by atoms with Gasteiger partial charge in [-0.1, -0.05) is 26.0 Å². The number of benzene rings is 1. The Kier molecular flexibility index (Phi) is 5.94. The first-order chi connectivity index (χ1) is 11.4. The van der Waals surface area contributed by atoms with Crippen LogP contribution in [0.2, 0.25) is 0 Å². The number of carbonyl (C=O) groups is 2. The number of carboxylic acid groups (broad SMARTS) is 1. The molecule has 1 N–H and O–H groups in total. The first-order valence-corrected chi connectivity index (χ1v) is 9.05. The van der Waals surface area contributed by atoms with E-state index in [0.717, 1.165) is 15.2 Å². The molecule has 0 bridgehead atoms. The van der Waals surface area contributed by atoms with Gasteiger partial charge in [-0.05, 0) is 25.0 Å². The van der Waals surface area contributed by atoms with E-state index in [0.29, 0.717) is 19.3 Å². The summed E-state index contributed by atoms with van der Waals surface area (Å²) in [5.41, 5.74) is 0.437. The van der Waals surface area contributed by atoms with Crippen LogP contribution >= 0.6 is 11.3 Å². The van der Waals surface area contributed by atoms with Crippen molar-refractivity contribution in [1.82, 2.24) is 9.88 Å². The second-order valence-corrected chi connectivity index (χ2v) is 7.23. The first-order valence-electron chi connectivity index (χ1n) is 8.23. The van der Waals surface area contributed by atoms with Crippen LogP contribution < -0.4 is 0 Å². The Hall–Kier alpha value is -1.95. The zero-order valence-electron chi connectivity index (χ0n) is 14.4. The van der Waals surface area contributed by atoms with Gasteiger partial charge in [0.25, 0.3) is 0 Å². The number of carboxylic acids is 1. The minimum absolute atomic E-state index is 0.00741. The molecule has 0 spiro atoms. The van der Waals surface area contributed by atoms with E-state index in [1.165, 1.54) is 0 Å². The molecule has 6 heteroatoms. The Labute approximate surface area is 146 Å². The monoisotopic (exact) mass is 348 g/mol. The molecule has 2 rings (SSSR count). The predicted octanol–water partition coefficient (Wildman–Crippen LogP) is 3.58. The number of carbonyl (C=O) groups excluding carboxylic acids is 1. The minimum Gasteiger partial charge on any atom is -0.481 e. The van der Waals surface area contributed by atoms with Crippen LogP contribution in [0.4, 0.5) is 0 Å². The van der Waals surface area contributed by atoms with Crippen LogP contribution in [0.3, 0.4) is 0 Å². The van der Waals surface area contributed by atoms with Crippen molar-refractivity contribution in [2.75, 3.05) is 13.6 Å². The van der Waals surface area contributed by atoms with Gasteiger partial charge in [-0.15, -0.1) is 11.3 Å². The second kappa shape index (κ2) is 7.75. The highest BCUT2D eigenvalue weighted by molar-refractivity contribution is 7.18. The van der Waals surface area contributed by atoms with Gasteiger partial charge in [0.2, 0.25) is 5.91 Å². The van der Waals surface area contributed by atoms with Crippen molar-refractivity contribution in [2.45, 2.75) is 39.5 Å². The lowest BCUT2D eigenvalue weighted by Gasteiger charge is -2.33. The molecule has 0 aliphatic heterocycles. The highest BCUT2D eigenvalue weighted by Crippen LogP contribution is 2.35. The van der Waals surface area contributed by atoms with Crippen molar-refractivity contribution in [1.29, 1.82) is 0 Å². The number of hydrogen-bond acceptors (Lipinski definition) is 4. The number of rotatable bonds is 8. The quantitative estimate of drug-likeness (QED) is 0.791. The van der Waals surface area contributed by atoms with E-state index in [1.54, 1.807) is 23.3 Å². The van der Waals surface area contributed by atoms with E-state index in [1.807, 2.05) is 38.1 Å². The molecular weight excluding hydrogens is 324 g/mol. The molecule has 0 saturated heterocycles. The van der Waals surface area contributed by atoms with Crippen molar-refractivity contribution in [2.24, 2.45) is 5.41 Å². The van der Waals surface area contributed by atoms with Gasteiger partial charge in [-0.2, -0.15) is 0 Å². The van der Waals surface area contributed by atoms with E-state index < -0.39 is 11.4 Å². The molecule has 130 valence electrons. The first kappa shape index (κ1) is 18.4. The molecule has 1 amide bonds. The Balaban J connectivity index is 2.22. The predicted molar refractivity (Wildman–Crippen MR) is 96.2 cm³/mol. The minimum atomic E-state index is -0.889. The van der Waals surface area contributed by atoms with E-state index in [4.69, 9.17) is 5.11 Å². The Morgan fingerprint density at radius 1 is 1.25 bits per heavy atom. The number of fused-ring (bicyclic) bond motifs is 1. The number of aromatic nitrogens is 1. The van der Waals surface area contributed by atoms with Crippen molar-refractivity contribution < 1.29 is 14.7 Å². The summed E-state index contributed by atoms with van der Waals surface area (Å²) < 4.78 is 1.13. The molecule has 0 saturated carbocycles. The molecule has 1 aromatic heterocycles. The lowest BCUT2D eigenvalue weighted by atomic mass is 9.78. The van der Waals surface area contributed by atoms with Crippen LogP contribution in [-0.4, -0.2) is 40.5 Å². The van der Waals surface area contributed by atoms with Crippen LogP contribution in [0, 0.1) is 5.41 Å². The molecule has 0 aliphatic rings. The van der Waals surface area contributed by atoms with E-state index in [9.17, 15) is 9.59 Å². The molecular formula is C18H24N2O3S. The van der Waals surface area contributed by atoms with Crippen molar-refractivity contribution in [3.63, 3.8) is 0 Å². The highest BCUT2D eigenvalue weighted by atomic mass is 32.1. The van der Waals surface area contributed by atoms with E-state index in [2.05, 4.69) is 4.98 Å². The van der Waals surface area contributed by atoms with E-state index >= 15 is 0 Å². The lowest BCUT2D eigenvalue weighted by molar-refractivity contribution is -0.143. The number of thiazole rings is 1. The third kappa shape index (κ3) is 3.93. The molecule has 1 aromatic carbocycles. The molecule has 0 fully saturated rings. The van der Waals surface area contributed by atoms with Crippen LogP contribution in [0.15, 0.2) is 24.3 Å². The molecule has 1 heterocycles. The largest absolute Gasteiger partial charge is 0.481 e. The lowest BCUT2D eigenvalue weighted by Crippen LogP contribution is -2.43. The Morgan fingerprint density at radius 2 is 1.92 bits per heavy atom. The van der Waals surface area contributed by atoms with Crippen LogP contribution in [0.1, 0.15) is 38.1 Å². The Bertz CT molecular complexity index is 689. The van der Waals surface area contributed by atoms with Gasteiger partial charge in [-0.3, -0.25) is 9.59 Å². The highest BCUT2D eigenvalue weighted by Gasteiger charge is 2.38. The maximum atomic E-state index is 13.0. The van der Waals surface area contributed by atoms with E-state index in [-0.39, 0.29) is 18.9 Å². The summed E-state index contributed by atoms with van der Waals surface area (Å²) in [7, 11) is 1.68. The normalized spacial score (nSPS) is 11.6. The van der Waals surface area contributed by atoms with Gasteiger partial charge in [0.1, 0.15) is 0 Å². The fourth-order valence-corrected chi connectivity index (χ4v) is 4.04. The average molecular weight is 348 g/mol. The van der Waals surface area contributed by atoms with Gasteiger partial charge in [0.15, 0.2) is 0 Å². The molecule has 0 aliphatic carbocycles. The summed E-state index contributed by atoms with van der Waals surface area (Å²) >= 11 is 1.63. The zero-order chi connectivity index (χ0) is 17.7. The number of nitrogens with zero attached hydrogens (tertiary/aromatic N) is 2. The standard InChI is InChI=1S/C18H24N2O3S/c1-4-18(5-2,17(23)20(3)11-10-16(21)22)12-15-19-13-8-6-7-9-14(13)24-15/h6-9H,4-5,10-12H2,1-3H3,(H,21,22). The summed E-state index contributed by atoms with van der Waals surface area (Å²) in [6.45, 7) is 4.26. The number of amides is 1. The molecule has 24 heavy (non-hydrogen) atoms. The summed E-state index contributed by atoms with van der Waals surface area (Å²) in [5, 5.41) is 9.79. The number of aliphatic carboxylic acids is 1. The molecule has 0 unspecified atom stereocenters. The topological polar surface area (TPSA) is 70.5 Å². The number of para-hydroxylation sites is 1. The number of hydrogen-bond donors (Lipinski definition) is 1. The fraction of sp³-hybridized carbons (Fsp3) is 0.500. The average Bonchev–Trinajstić information content (AvgIpc) is 2.99. The van der Waals surface area contributed by atoms with Crippen molar-refractivity contribution in [3.8, 4) is 0 Å². The van der Waals surface area contributed by atoms with Gasteiger partial charge < -0.3 is 10.0 Å². The van der Waals surface area contributed by atoms with Gasteiger partial charge in [-0.25, -0.2) is 4.98 Å². The van der Waals surface area contributed by atoms with Crippen molar-refractivity contribution >= 4 is 33.4 Å². The molecule has 0 radical (unpaired) electrons. The molecule has 0 atom stereocenters. The smallest absolute Gasteiger partial charge is 0.305 e. The molecule has 5 nitrogen and oxygen atoms in total. The van der Waals surface area contributed by atoms with Crippen LogP contribution in [-0.2, 0) is 16.0 Å².